The van der Waals surface area contributed by atoms with Crippen LogP contribution in [-0.2, 0) is 14.6 Å². The summed E-state index contributed by atoms with van der Waals surface area (Å²) in [7, 11) is -1.82. The number of hydrogen-bond donors (Lipinski definition) is 1. The van der Waals surface area contributed by atoms with Crippen LogP contribution in [0.5, 0.6) is 11.6 Å². The number of carbonyl (C=O) groups excluding carboxylic acids is 1. The first-order valence-electron chi connectivity index (χ1n) is 10.5. The molecule has 1 N–H and O–H groups in total. The van der Waals surface area contributed by atoms with Crippen LogP contribution < -0.4 is 14.8 Å². The molecule has 0 spiro atoms. The number of aromatic nitrogens is 1. The first-order chi connectivity index (χ1) is 15.4. The van der Waals surface area contributed by atoms with Gasteiger partial charge in [-0.15, -0.1) is 0 Å². The second kappa shape index (κ2) is 9.70. The van der Waals surface area contributed by atoms with Crippen molar-refractivity contribution < 1.29 is 27.4 Å². The molecule has 8 nitrogen and oxygen atoms in total. The van der Waals surface area contributed by atoms with E-state index in [1.54, 1.807) is 12.1 Å². The summed E-state index contributed by atoms with van der Waals surface area (Å²) in [5.41, 5.74) is 1.65. The largest absolute Gasteiger partial charge is 0.493 e. The van der Waals surface area contributed by atoms with E-state index < -0.39 is 21.8 Å². The van der Waals surface area contributed by atoms with Crippen LogP contribution in [0, 0.1) is 5.92 Å². The maximum absolute atomic E-state index is 12.7. The Kier molecular flexibility index (Phi) is 6.76. The van der Waals surface area contributed by atoms with E-state index in [-0.39, 0.29) is 17.2 Å². The quantitative estimate of drug-likeness (QED) is 0.680. The van der Waals surface area contributed by atoms with Crippen LogP contribution in [0.4, 0.5) is 0 Å². The van der Waals surface area contributed by atoms with E-state index in [0.717, 1.165) is 37.0 Å². The van der Waals surface area contributed by atoms with Gasteiger partial charge in [0.1, 0.15) is 11.3 Å². The summed E-state index contributed by atoms with van der Waals surface area (Å²) < 4.78 is 40.0. The Morgan fingerprint density at radius 3 is 2.69 bits per heavy atom. The van der Waals surface area contributed by atoms with Crippen molar-refractivity contribution in [3.05, 3.63) is 53.4 Å². The molecule has 0 aliphatic carbocycles. The summed E-state index contributed by atoms with van der Waals surface area (Å²) in [6, 6.07) is 10.4. The molecule has 0 saturated carbocycles. The fourth-order valence-corrected chi connectivity index (χ4v) is 4.99. The Balaban J connectivity index is 1.51. The molecule has 1 fully saturated rings. The maximum atomic E-state index is 12.7. The Hall–Kier alpha value is -2.91. The molecule has 1 aromatic heterocycles. The predicted molar refractivity (Wildman–Crippen MR) is 119 cm³/mol. The highest BCUT2D eigenvalue weighted by molar-refractivity contribution is 7.94. The third kappa shape index (κ3) is 5.28. The van der Waals surface area contributed by atoms with E-state index >= 15 is 0 Å². The molecular formula is C23H26N2O6S. The van der Waals surface area contributed by atoms with Crippen LogP contribution in [0.2, 0.25) is 0 Å². The van der Waals surface area contributed by atoms with Gasteiger partial charge in [0.2, 0.25) is 5.88 Å². The lowest BCUT2D eigenvalue weighted by atomic mass is 10.0. The van der Waals surface area contributed by atoms with Gasteiger partial charge in [-0.2, -0.15) is 0 Å². The SMILES string of the molecule is COc1nc(-c2ccccc2OCC2CCOCC2)ccc1C(=O)N[C@@H]1C=CS(=O)(=O)C1. The minimum absolute atomic E-state index is 0.148. The summed E-state index contributed by atoms with van der Waals surface area (Å²) in [5, 5.41) is 3.81. The van der Waals surface area contributed by atoms with Gasteiger partial charge in [0.05, 0.1) is 31.2 Å². The molecule has 2 aromatic rings. The zero-order valence-corrected chi connectivity index (χ0v) is 18.6. The highest BCUT2D eigenvalue weighted by Crippen LogP contribution is 2.31. The molecule has 170 valence electrons. The number of nitrogens with one attached hydrogen (secondary N) is 1. The fourth-order valence-electron chi connectivity index (χ4n) is 3.76. The number of nitrogens with zero attached hydrogens (tertiary/aromatic N) is 1. The summed E-state index contributed by atoms with van der Waals surface area (Å²) in [4.78, 5) is 17.2. The van der Waals surface area contributed by atoms with E-state index in [4.69, 9.17) is 14.2 Å². The number of sulfone groups is 1. The molecule has 1 atom stereocenters. The summed E-state index contributed by atoms with van der Waals surface area (Å²) in [6.45, 7) is 2.14. The number of para-hydroxylation sites is 1. The standard InChI is InChI=1S/C23H26N2O6S/c1-29-23-19(22(26)24-17-10-13-32(27,28)15-17)6-7-20(25-23)18-4-2-3-5-21(18)31-14-16-8-11-30-12-9-16/h2-7,10,13,16-17H,8-9,11-12,14-15H2,1H3,(H,24,26)/t17-/m1/s1. The molecule has 32 heavy (non-hydrogen) atoms. The number of rotatable bonds is 7. The van der Waals surface area contributed by atoms with Crippen molar-refractivity contribution in [1.29, 1.82) is 0 Å². The van der Waals surface area contributed by atoms with Crippen LogP contribution in [0.1, 0.15) is 23.2 Å². The second-order valence-electron chi connectivity index (χ2n) is 7.85. The van der Waals surface area contributed by atoms with Crippen molar-refractivity contribution in [2.75, 3.05) is 32.7 Å². The highest BCUT2D eigenvalue weighted by atomic mass is 32.2. The molecule has 3 heterocycles. The molecule has 1 aromatic carbocycles. The minimum atomic E-state index is -3.26. The lowest BCUT2D eigenvalue weighted by molar-refractivity contribution is 0.0498. The monoisotopic (exact) mass is 458 g/mol. The number of pyridine rings is 1. The summed E-state index contributed by atoms with van der Waals surface area (Å²) >= 11 is 0. The summed E-state index contributed by atoms with van der Waals surface area (Å²) in [5.74, 6) is 0.733. The van der Waals surface area contributed by atoms with Crippen LogP contribution in [0.15, 0.2) is 47.9 Å². The van der Waals surface area contributed by atoms with Crippen LogP contribution >= 0.6 is 0 Å². The maximum Gasteiger partial charge on any atom is 0.257 e. The third-order valence-corrected chi connectivity index (χ3v) is 6.92. The van der Waals surface area contributed by atoms with Crippen LogP contribution in [-0.4, -0.2) is 58.0 Å². The Morgan fingerprint density at radius 1 is 1.19 bits per heavy atom. The molecule has 2 aliphatic heterocycles. The van der Waals surface area contributed by atoms with Crippen molar-refractivity contribution in [2.24, 2.45) is 5.92 Å². The van der Waals surface area contributed by atoms with Gasteiger partial charge in [-0.3, -0.25) is 4.79 Å². The van der Waals surface area contributed by atoms with Gasteiger partial charge in [0, 0.05) is 24.2 Å². The molecule has 0 radical (unpaired) electrons. The van der Waals surface area contributed by atoms with Gasteiger partial charge in [0.25, 0.3) is 5.91 Å². The molecule has 1 saturated heterocycles. The Morgan fingerprint density at radius 2 is 1.97 bits per heavy atom. The van der Waals surface area contributed by atoms with Crippen molar-refractivity contribution >= 4 is 15.7 Å². The zero-order valence-electron chi connectivity index (χ0n) is 17.8. The third-order valence-electron chi connectivity index (χ3n) is 5.52. The number of benzene rings is 1. The van der Waals surface area contributed by atoms with Crippen molar-refractivity contribution in [3.8, 4) is 22.9 Å². The van der Waals surface area contributed by atoms with Crippen LogP contribution in [0.3, 0.4) is 0 Å². The number of carbonyl (C=O) groups is 1. The number of hydrogen-bond acceptors (Lipinski definition) is 7. The average Bonchev–Trinajstić information content (AvgIpc) is 3.16. The normalized spacial score (nSPS) is 20.1. The molecule has 1 amide bonds. The highest BCUT2D eigenvalue weighted by Gasteiger charge is 2.25. The van der Waals surface area contributed by atoms with Gasteiger partial charge >= 0.3 is 0 Å². The van der Waals surface area contributed by atoms with E-state index in [1.807, 2.05) is 24.3 Å². The number of methoxy groups -OCH3 is 1. The van der Waals surface area contributed by atoms with Crippen molar-refractivity contribution in [1.82, 2.24) is 10.3 Å². The lowest BCUT2D eigenvalue weighted by Gasteiger charge is -2.22. The summed E-state index contributed by atoms with van der Waals surface area (Å²) in [6.07, 6.45) is 3.43. The van der Waals surface area contributed by atoms with Gasteiger partial charge < -0.3 is 19.5 Å². The molecule has 0 bridgehead atoms. The fraction of sp³-hybridized carbons (Fsp3) is 0.391. The van der Waals surface area contributed by atoms with Gasteiger partial charge in [-0.25, -0.2) is 13.4 Å². The van der Waals surface area contributed by atoms with E-state index in [1.165, 1.54) is 13.2 Å². The molecular weight excluding hydrogens is 432 g/mol. The molecule has 2 aliphatic rings. The molecule has 9 heteroatoms. The smallest absolute Gasteiger partial charge is 0.257 e. The minimum Gasteiger partial charge on any atom is -0.493 e. The number of amides is 1. The van der Waals surface area contributed by atoms with E-state index in [2.05, 4.69) is 10.3 Å². The predicted octanol–water partition coefficient (Wildman–Crippen LogP) is 2.60. The van der Waals surface area contributed by atoms with Crippen molar-refractivity contribution in [3.63, 3.8) is 0 Å². The van der Waals surface area contributed by atoms with E-state index in [0.29, 0.717) is 24.0 Å². The van der Waals surface area contributed by atoms with Gasteiger partial charge in [0.15, 0.2) is 9.84 Å². The zero-order chi connectivity index (χ0) is 22.6. The number of ether oxygens (including phenoxy) is 3. The Bertz CT molecular complexity index is 1110. The first-order valence-corrected chi connectivity index (χ1v) is 12.2. The van der Waals surface area contributed by atoms with Gasteiger partial charge in [-0.1, -0.05) is 12.1 Å². The topological polar surface area (TPSA) is 104 Å². The van der Waals surface area contributed by atoms with Crippen molar-refractivity contribution in [2.45, 2.75) is 18.9 Å². The lowest BCUT2D eigenvalue weighted by Crippen LogP contribution is -2.35. The molecule has 0 unspecified atom stereocenters. The van der Waals surface area contributed by atoms with Crippen LogP contribution in [0.25, 0.3) is 11.3 Å². The van der Waals surface area contributed by atoms with Gasteiger partial charge in [-0.05, 0) is 49.1 Å². The second-order valence-corrected chi connectivity index (χ2v) is 9.79. The Labute approximate surface area is 187 Å². The van der Waals surface area contributed by atoms with E-state index in [9.17, 15) is 13.2 Å². The average molecular weight is 459 g/mol. The first kappa shape index (κ1) is 22.3. The molecule has 4 rings (SSSR count).